The number of aliphatic hydroxyl groups is 1. The van der Waals surface area contributed by atoms with Crippen LogP contribution in [0.2, 0.25) is 10.3 Å². The van der Waals surface area contributed by atoms with Crippen LogP contribution in [0.25, 0.3) is 0 Å². The van der Waals surface area contributed by atoms with E-state index in [-0.39, 0.29) is 36.3 Å². The number of carboxylic acids is 1. The third-order valence-corrected chi connectivity index (χ3v) is 7.50. The van der Waals surface area contributed by atoms with E-state index >= 15 is 0 Å². The van der Waals surface area contributed by atoms with Crippen LogP contribution in [0.1, 0.15) is 74.0 Å². The van der Waals surface area contributed by atoms with Gasteiger partial charge in [-0.05, 0) is 36.1 Å². The maximum absolute atomic E-state index is 12.5. The quantitative estimate of drug-likeness (QED) is 0.200. The van der Waals surface area contributed by atoms with Crippen LogP contribution in [-0.2, 0) is 32.2 Å². The minimum absolute atomic E-state index is 0.0384. The van der Waals surface area contributed by atoms with Crippen LogP contribution < -0.4 is 5.32 Å². The lowest BCUT2D eigenvalue weighted by Gasteiger charge is -2.36. The maximum Gasteiger partial charge on any atom is 0.303 e. The molecule has 1 aliphatic heterocycles. The fourth-order valence-electron chi connectivity index (χ4n) is 4.62. The Kier molecular flexibility index (Phi) is 11.0. The van der Waals surface area contributed by atoms with Crippen LogP contribution in [0.15, 0.2) is 54.9 Å². The summed E-state index contributed by atoms with van der Waals surface area (Å²) in [4.78, 5) is 27.2. The number of nitrogens with zero attached hydrogens (tertiary/aromatic N) is 2. The van der Waals surface area contributed by atoms with Crippen molar-refractivity contribution in [3.63, 3.8) is 0 Å². The minimum atomic E-state index is -0.796. The SMILES string of the molecule is O=C(O)CCCCCCC(=O)Nc1cccc([C@@H]2O[C@H](Cn3cnc(Cl)c3Cl)C[C@H](c3ccc(CO)cc3)O2)c1. The molecule has 3 atom stereocenters. The Morgan fingerprint density at radius 3 is 2.42 bits per heavy atom. The first-order chi connectivity index (χ1) is 19.3. The normalized spacial score (nSPS) is 18.9. The van der Waals surface area contributed by atoms with Gasteiger partial charge in [-0.3, -0.25) is 9.59 Å². The van der Waals surface area contributed by atoms with E-state index in [1.165, 1.54) is 0 Å². The van der Waals surface area contributed by atoms with Gasteiger partial charge in [-0.1, -0.05) is 72.4 Å². The molecule has 11 heteroatoms. The molecule has 4 rings (SSSR count). The van der Waals surface area contributed by atoms with E-state index in [9.17, 15) is 14.7 Å². The van der Waals surface area contributed by atoms with Gasteiger partial charge in [0, 0.05) is 30.5 Å². The number of anilines is 1. The van der Waals surface area contributed by atoms with Gasteiger partial charge in [-0.2, -0.15) is 0 Å². The summed E-state index contributed by atoms with van der Waals surface area (Å²) >= 11 is 12.3. The summed E-state index contributed by atoms with van der Waals surface area (Å²) in [5.41, 5.74) is 3.16. The Morgan fingerprint density at radius 1 is 1.00 bits per heavy atom. The van der Waals surface area contributed by atoms with Gasteiger partial charge in [0.05, 0.1) is 31.7 Å². The number of carboxylic acid groups (broad SMARTS) is 1. The van der Waals surface area contributed by atoms with Crippen LogP contribution in [0.4, 0.5) is 5.69 Å². The number of rotatable bonds is 13. The number of unbranched alkanes of at least 4 members (excludes halogenated alkanes) is 3. The molecule has 214 valence electrons. The van der Waals surface area contributed by atoms with Gasteiger partial charge in [0.2, 0.25) is 5.91 Å². The number of carbonyl (C=O) groups is 2. The smallest absolute Gasteiger partial charge is 0.303 e. The van der Waals surface area contributed by atoms with E-state index in [2.05, 4.69) is 10.3 Å². The zero-order valence-corrected chi connectivity index (χ0v) is 23.5. The number of hydrogen-bond acceptors (Lipinski definition) is 6. The van der Waals surface area contributed by atoms with E-state index in [1.54, 1.807) is 10.9 Å². The average molecular weight is 591 g/mol. The molecule has 3 N–H and O–H groups in total. The summed E-state index contributed by atoms with van der Waals surface area (Å²) in [7, 11) is 0. The van der Waals surface area contributed by atoms with Gasteiger partial charge in [-0.15, -0.1) is 0 Å². The number of carbonyl (C=O) groups excluding carboxylic acids is 1. The summed E-state index contributed by atoms with van der Waals surface area (Å²) in [5, 5.41) is 21.6. The fraction of sp³-hybridized carbons (Fsp3) is 0.414. The van der Waals surface area contributed by atoms with E-state index < -0.39 is 12.3 Å². The van der Waals surface area contributed by atoms with Crippen LogP contribution in [-0.4, -0.2) is 37.7 Å². The van der Waals surface area contributed by atoms with Crippen LogP contribution in [0, 0.1) is 0 Å². The molecular weight excluding hydrogens is 557 g/mol. The lowest BCUT2D eigenvalue weighted by molar-refractivity contribution is -0.252. The summed E-state index contributed by atoms with van der Waals surface area (Å²) in [5.74, 6) is -0.900. The molecule has 1 aliphatic rings. The summed E-state index contributed by atoms with van der Waals surface area (Å²) < 4.78 is 14.5. The highest BCUT2D eigenvalue weighted by atomic mass is 35.5. The highest BCUT2D eigenvalue weighted by Crippen LogP contribution is 2.39. The number of amides is 1. The fourth-order valence-corrected chi connectivity index (χ4v) is 4.94. The van der Waals surface area contributed by atoms with Crippen LogP contribution in [0.3, 0.4) is 0 Å². The molecule has 0 bridgehead atoms. The Balaban J connectivity index is 1.43. The molecule has 0 aliphatic carbocycles. The number of imidazole rings is 1. The second kappa shape index (κ2) is 14.6. The van der Waals surface area contributed by atoms with Gasteiger partial charge in [0.15, 0.2) is 11.4 Å². The van der Waals surface area contributed by atoms with Crippen molar-refractivity contribution in [3.05, 3.63) is 81.9 Å². The van der Waals surface area contributed by atoms with Crippen molar-refractivity contribution in [1.29, 1.82) is 0 Å². The molecule has 1 fully saturated rings. The third kappa shape index (κ3) is 8.52. The standard InChI is InChI=1S/C29H33Cl2N3O6/c30-27-28(31)34(18-32-27)16-23-15-24(20-12-10-19(17-35)11-13-20)40-29(39-23)21-6-5-7-22(14-21)33-25(36)8-3-1-2-4-9-26(37)38/h5-7,10-14,18,23-24,29,35H,1-4,8-9,15-17H2,(H,33,36)(H,37,38)/t23-,24+,29+/m0/s1. The lowest BCUT2D eigenvalue weighted by atomic mass is 10.00. The van der Waals surface area contributed by atoms with Crippen molar-refractivity contribution < 1.29 is 29.3 Å². The summed E-state index contributed by atoms with van der Waals surface area (Å²) in [6.07, 6.45) is 4.29. The van der Waals surface area contributed by atoms with Gasteiger partial charge < -0.3 is 29.6 Å². The minimum Gasteiger partial charge on any atom is -0.481 e. The Labute approximate surface area is 243 Å². The second-order valence-electron chi connectivity index (χ2n) is 9.81. The largest absolute Gasteiger partial charge is 0.481 e. The summed E-state index contributed by atoms with van der Waals surface area (Å²) in [6.45, 7) is 0.385. The molecule has 1 aromatic heterocycles. The van der Waals surface area contributed by atoms with Crippen molar-refractivity contribution >= 4 is 40.8 Å². The van der Waals surface area contributed by atoms with E-state index in [0.717, 1.165) is 29.5 Å². The lowest BCUT2D eigenvalue weighted by Crippen LogP contribution is -2.32. The highest BCUT2D eigenvalue weighted by Gasteiger charge is 2.33. The topological polar surface area (TPSA) is 123 Å². The number of aliphatic hydroxyl groups excluding tert-OH is 1. The van der Waals surface area contributed by atoms with E-state index in [4.69, 9.17) is 37.8 Å². The molecule has 0 spiro atoms. The van der Waals surface area contributed by atoms with E-state index in [1.807, 2.05) is 48.5 Å². The number of hydrogen-bond donors (Lipinski definition) is 3. The van der Waals surface area contributed by atoms with Crippen molar-refractivity contribution in [1.82, 2.24) is 9.55 Å². The molecule has 3 aromatic rings. The molecule has 0 unspecified atom stereocenters. The molecule has 9 nitrogen and oxygen atoms in total. The Hall–Kier alpha value is -2.95. The van der Waals surface area contributed by atoms with Crippen LogP contribution >= 0.6 is 23.2 Å². The molecule has 1 amide bonds. The third-order valence-electron chi connectivity index (χ3n) is 6.74. The number of aliphatic carboxylic acids is 1. The number of halogens is 2. The predicted octanol–water partition coefficient (Wildman–Crippen LogP) is 6.29. The van der Waals surface area contributed by atoms with Crippen molar-refractivity contribution in [2.24, 2.45) is 0 Å². The van der Waals surface area contributed by atoms with Gasteiger partial charge >= 0.3 is 5.97 Å². The molecule has 1 saturated heterocycles. The molecule has 0 radical (unpaired) electrons. The number of nitrogens with one attached hydrogen (secondary N) is 1. The van der Waals surface area contributed by atoms with Crippen molar-refractivity contribution in [3.8, 4) is 0 Å². The summed E-state index contributed by atoms with van der Waals surface area (Å²) in [6, 6.07) is 15.0. The Morgan fingerprint density at radius 2 is 1.75 bits per heavy atom. The average Bonchev–Trinajstić information content (AvgIpc) is 3.27. The first-order valence-electron chi connectivity index (χ1n) is 13.3. The van der Waals surface area contributed by atoms with Crippen LogP contribution in [0.5, 0.6) is 0 Å². The number of benzene rings is 2. The molecular formula is C29H33Cl2N3O6. The zero-order valence-electron chi connectivity index (χ0n) is 22.0. The molecule has 0 saturated carbocycles. The van der Waals surface area contributed by atoms with Crippen molar-refractivity contribution in [2.45, 2.75) is 76.6 Å². The van der Waals surface area contributed by atoms with Gasteiger partial charge in [0.25, 0.3) is 0 Å². The number of ether oxygens (including phenoxy) is 2. The molecule has 2 aromatic carbocycles. The predicted molar refractivity (Wildman–Crippen MR) is 151 cm³/mol. The Bertz CT molecular complexity index is 1280. The second-order valence-corrected chi connectivity index (χ2v) is 10.5. The van der Waals surface area contributed by atoms with Gasteiger partial charge in [0.1, 0.15) is 5.15 Å². The monoisotopic (exact) mass is 589 g/mol. The molecule has 2 heterocycles. The number of aromatic nitrogens is 2. The molecule has 40 heavy (non-hydrogen) atoms. The van der Waals surface area contributed by atoms with E-state index in [0.29, 0.717) is 43.1 Å². The highest BCUT2D eigenvalue weighted by molar-refractivity contribution is 6.40. The van der Waals surface area contributed by atoms with Gasteiger partial charge in [-0.25, -0.2) is 4.98 Å². The first-order valence-corrected chi connectivity index (χ1v) is 14.1. The van der Waals surface area contributed by atoms with Crippen molar-refractivity contribution in [2.75, 3.05) is 5.32 Å². The maximum atomic E-state index is 12.5. The zero-order chi connectivity index (χ0) is 28.5. The first kappa shape index (κ1) is 30.0.